The van der Waals surface area contributed by atoms with Gasteiger partial charge in [-0.3, -0.25) is 0 Å². The molecule has 0 heterocycles. The van der Waals surface area contributed by atoms with E-state index in [9.17, 15) is 4.39 Å². The standard InChI is InChI=1S/C12H17BrFN/c1-9(7-13)10(2)15-8-11-4-3-5-12(14)6-11/h3-6,9-10,15H,7-8H2,1-2H3. The zero-order chi connectivity index (χ0) is 11.3. The highest BCUT2D eigenvalue weighted by molar-refractivity contribution is 9.09. The molecule has 0 spiro atoms. The molecule has 0 aliphatic rings. The molecular weight excluding hydrogens is 257 g/mol. The van der Waals surface area contributed by atoms with Gasteiger partial charge in [0.2, 0.25) is 0 Å². The molecule has 0 aliphatic heterocycles. The molecule has 1 aromatic rings. The van der Waals surface area contributed by atoms with Crippen molar-refractivity contribution in [3.8, 4) is 0 Å². The third-order valence-electron chi connectivity index (χ3n) is 2.61. The van der Waals surface area contributed by atoms with Gasteiger partial charge in [0.25, 0.3) is 0 Å². The van der Waals surface area contributed by atoms with Gasteiger partial charge >= 0.3 is 0 Å². The van der Waals surface area contributed by atoms with Crippen LogP contribution in [0.1, 0.15) is 19.4 Å². The number of alkyl halides is 1. The summed E-state index contributed by atoms with van der Waals surface area (Å²) in [5.41, 5.74) is 0.989. The first-order valence-electron chi connectivity index (χ1n) is 5.17. The van der Waals surface area contributed by atoms with E-state index in [1.807, 2.05) is 6.07 Å². The van der Waals surface area contributed by atoms with Crippen molar-refractivity contribution in [3.63, 3.8) is 0 Å². The number of halogens is 2. The normalized spacial score (nSPS) is 14.9. The quantitative estimate of drug-likeness (QED) is 0.812. The van der Waals surface area contributed by atoms with Crippen LogP contribution in [-0.4, -0.2) is 11.4 Å². The Labute approximate surface area is 99.2 Å². The van der Waals surface area contributed by atoms with E-state index in [0.717, 1.165) is 17.4 Å². The van der Waals surface area contributed by atoms with Crippen molar-refractivity contribution in [1.82, 2.24) is 5.32 Å². The summed E-state index contributed by atoms with van der Waals surface area (Å²) in [6.45, 7) is 5.04. The van der Waals surface area contributed by atoms with Crippen molar-refractivity contribution >= 4 is 15.9 Å². The Balaban J connectivity index is 2.43. The Morgan fingerprint density at radius 1 is 1.40 bits per heavy atom. The molecule has 15 heavy (non-hydrogen) atoms. The first-order chi connectivity index (χ1) is 7.13. The summed E-state index contributed by atoms with van der Waals surface area (Å²) in [6.07, 6.45) is 0. The SMILES string of the molecule is CC(CBr)C(C)NCc1cccc(F)c1. The number of rotatable bonds is 5. The van der Waals surface area contributed by atoms with Gasteiger partial charge < -0.3 is 5.32 Å². The molecule has 1 aromatic carbocycles. The van der Waals surface area contributed by atoms with Gasteiger partial charge in [-0.1, -0.05) is 35.0 Å². The second kappa shape index (κ2) is 6.23. The molecule has 0 saturated heterocycles. The average Bonchev–Trinajstić information content (AvgIpc) is 2.25. The summed E-state index contributed by atoms with van der Waals surface area (Å²) < 4.78 is 12.9. The van der Waals surface area contributed by atoms with E-state index in [-0.39, 0.29) is 5.82 Å². The smallest absolute Gasteiger partial charge is 0.123 e. The van der Waals surface area contributed by atoms with Gasteiger partial charge in [-0.15, -0.1) is 0 Å². The third kappa shape index (κ3) is 4.31. The topological polar surface area (TPSA) is 12.0 Å². The van der Waals surface area contributed by atoms with Crippen LogP contribution in [0.25, 0.3) is 0 Å². The van der Waals surface area contributed by atoms with Gasteiger partial charge in [0.05, 0.1) is 0 Å². The van der Waals surface area contributed by atoms with Crippen molar-refractivity contribution in [2.24, 2.45) is 5.92 Å². The molecule has 0 radical (unpaired) electrons. The second-order valence-corrected chi connectivity index (χ2v) is 4.58. The monoisotopic (exact) mass is 273 g/mol. The minimum atomic E-state index is -0.171. The molecule has 1 rings (SSSR count). The molecule has 84 valence electrons. The molecule has 1 nitrogen and oxygen atoms in total. The van der Waals surface area contributed by atoms with Crippen LogP contribution in [0.4, 0.5) is 4.39 Å². The number of hydrogen-bond donors (Lipinski definition) is 1. The summed E-state index contributed by atoms with van der Waals surface area (Å²) >= 11 is 3.45. The predicted octanol–water partition coefficient (Wildman–Crippen LogP) is 3.33. The van der Waals surface area contributed by atoms with Crippen molar-refractivity contribution in [1.29, 1.82) is 0 Å². The molecular formula is C12H17BrFN. The fourth-order valence-corrected chi connectivity index (χ4v) is 1.82. The summed E-state index contributed by atoms with van der Waals surface area (Å²) in [7, 11) is 0. The maximum atomic E-state index is 12.9. The fraction of sp³-hybridized carbons (Fsp3) is 0.500. The minimum Gasteiger partial charge on any atom is -0.310 e. The van der Waals surface area contributed by atoms with E-state index in [2.05, 4.69) is 35.1 Å². The Morgan fingerprint density at radius 3 is 2.73 bits per heavy atom. The molecule has 0 fully saturated rings. The van der Waals surface area contributed by atoms with Crippen molar-refractivity contribution in [2.75, 3.05) is 5.33 Å². The minimum absolute atomic E-state index is 0.171. The third-order valence-corrected chi connectivity index (χ3v) is 3.64. The van der Waals surface area contributed by atoms with Gasteiger partial charge in [0.1, 0.15) is 5.82 Å². The number of nitrogens with one attached hydrogen (secondary N) is 1. The molecule has 1 N–H and O–H groups in total. The lowest BCUT2D eigenvalue weighted by molar-refractivity contribution is 0.433. The first-order valence-corrected chi connectivity index (χ1v) is 6.29. The molecule has 0 amide bonds. The molecule has 0 aliphatic carbocycles. The van der Waals surface area contributed by atoms with Crippen LogP contribution >= 0.6 is 15.9 Å². The van der Waals surface area contributed by atoms with Crippen LogP contribution < -0.4 is 5.32 Å². The lowest BCUT2D eigenvalue weighted by Gasteiger charge is -2.19. The molecule has 2 unspecified atom stereocenters. The highest BCUT2D eigenvalue weighted by atomic mass is 79.9. The van der Waals surface area contributed by atoms with Crippen LogP contribution in [0.2, 0.25) is 0 Å². The van der Waals surface area contributed by atoms with Crippen LogP contribution in [0.5, 0.6) is 0 Å². The number of benzene rings is 1. The molecule has 0 aromatic heterocycles. The highest BCUT2D eigenvalue weighted by Crippen LogP contribution is 2.08. The molecule has 2 atom stereocenters. The van der Waals surface area contributed by atoms with Gasteiger partial charge in [-0.05, 0) is 30.5 Å². The van der Waals surface area contributed by atoms with Crippen molar-refractivity contribution < 1.29 is 4.39 Å². The Kier molecular flexibility index (Phi) is 5.26. The fourth-order valence-electron chi connectivity index (χ4n) is 1.26. The maximum absolute atomic E-state index is 12.9. The zero-order valence-electron chi connectivity index (χ0n) is 9.13. The maximum Gasteiger partial charge on any atom is 0.123 e. The lowest BCUT2D eigenvalue weighted by Crippen LogP contribution is -2.32. The molecule has 0 saturated carbocycles. The predicted molar refractivity (Wildman–Crippen MR) is 65.7 cm³/mol. The van der Waals surface area contributed by atoms with E-state index >= 15 is 0 Å². The molecule has 3 heteroatoms. The molecule has 0 bridgehead atoms. The van der Waals surface area contributed by atoms with Crippen molar-refractivity contribution in [2.45, 2.75) is 26.4 Å². The van der Waals surface area contributed by atoms with Crippen LogP contribution in [0.15, 0.2) is 24.3 Å². The number of hydrogen-bond acceptors (Lipinski definition) is 1. The van der Waals surface area contributed by atoms with Gasteiger partial charge in [0, 0.05) is 17.9 Å². The van der Waals surface area contributed by atoms with Crippen LogP contribution in [0, 0.1) is 11.7 Å². The Hall–Kier alpha value is -0.410. The first kappa shape index (κ1) is 12.7. The average molecular weight is 274 g/mol. The Bertz CT molecular complexity index is 303. The summed E-state index contributed by atoms with van der Waals surface area (Å²) in [6, 6.07) is 7.13. The summed E-state index contributed by atoms with van der Waals surface area (Å²) in [5, 5.41) is 4.36. The van der Waals surface area contributed by atoms with E-state index < -0.39 is 0 Å². The highest BCUT2D eigenvalue weighted by Gasteiger charge is 2.09. The summed E-state index contributed by atoms with van der Waals surface area (Å²) in [5.74, 6) is 0.397. The van der Waals surface area contributed by atoms with Gasteiger partial charge in [0.15, 0.2) is 0 Å². The van der Waals surface area contributed by atoms with Gasteiger partial charge in [-0.2, -0.15) is 0 Å². The van der Waals surface area contributed by atoms with E-state index in [1.165, 1.54) is 6.07 Å². The second-order valence-electron chi connectivity index (χ2n) is 3.93. The van der Waals surface area contributed by atoms with Crippen LogP contribution in [0.3, 0.4) is 0 Å². The van der Waals surface area contributed by atoms with E-state index in [0.29, 0.717) is 12.0 Å². The van der Waals surface area contributed by atoms with Gasteiger partial charge in [-0.25, -0.2) is 4.39 Å². The van der Waals surface area contributed by atoms with E-state index in [4.69, 9.17) is 0 Å². The lowest BCUT2D eigenvalue weighted by atomic mass is 10.1. The zero-order valence-corrected chi connectivity index (χ0v) is 10.7. The Morgan fingerprint density at radius 2 is 2.13 bits per heavy atom. The summed E-state index contributed by atoms with van der Waals surface area (Å²) in [4.78, 5) is 0. The largest absolute Gasteiger partial charge is 0.310 e. The van der Waals surface area contributed by atoms with E-state index in [1.54, 1.807) is 12.1 Å². The van der Waals surface area contributed by atoms with Crippen molar-refractivity contribution in [3.05, 3.63) is 35.6 Å². The van der Waals surface area contributed by atoms with Crippen LogP contribution in [-0.2, 0) is 6.54 Å².